The Morgan fingerprint density at radius 3 is 2.54 bits per heavy atom. The summed E-state index contributed by atoms with van der Waals surface area (Å²) < 4.78 is 18.8. The SMILES string of the molecule is CN(C)C(CNC(=O)CNC(=O)c1ccccc1F)c1ccco1. The first-order valence-electron chi connectivity index (χ1n) is 7.48. The van der Waals surface area contributed by atoms with Gasteiger partial charge in [0.2, 0.25) is 5.91 Å². The van der Waals surface area contributed by atoms with Crippen molar-refractivity contribution in [1.82, 2.24) is 15.5 Å². The summed E-state index contributed by atoms with van der Waals surface area (Å²) in [5, 5.41) is 5.12. The van der Waals surface area contributed by atoms with E-state index in [1.165, 1.54) is 18.2 Å². The van der Waals surface area contributed by atoms with Crippen LogP contribution in [0.25, 0.3) is 0 Å². The quantitative estimate of drug-likeness (QED) is 0.806. The predicted octanol–water partition coefficient (Wildman–Crippen LogP) is 1.57. The molecule has 0 aliphatic rings. The molecule has 0 saturated heterocycles. The van der Waals surface area contributed by atoms with Gasteiger partial charge in [0.1, 0.15) is 11.6 Å². The topological polar surface area (TPSA) is 74.6 Å². The molecule has 0 saturated carbocycles. The summed E-state index contributed by atoms with van der Waals surface area (Å²) in [6.45, 7) is 0.0976. The van der Waals surface area contributed by atoms with E-state index >= 15 is 0 Å². The molecular weight excluding hydrogens is 313 g/mol. The van der Waals surface area contributed by atoms with Gasteiger partial charge in [-0.05, 0) is 38.4 Å². The van der Waals surface area contributed by atoms with Crippen molar-refractivity contribution in [2.45, 2.75) is 6.04 Å². The molecule has 1 heterocycles. The third kappa shape index (κ3) is 4.66. The number of carbonyl (C=O) groups is 2. The highest BCUT2D eigenvalue weighted by atomic mass is 19.1. The molecule has 0 aliphatic heterocycles. The van der Waals surface area contributed by atoms with Gasteiger partial charge in [-0.15, -0.1) is 0 Å². The lowest BCUT2D eigenvalue weighted by Crippen LogP contribution is -2.40. The maximum Gasteiger partial charge on any atom is 0.254 e. The van der Waals surface area contributed by atoms with Crippen molar-refractivity contribution in [1.29, 1.82) is 0 Å². The number of furan rings is 1. The molecule has 0 fully saturated rings. The highest BCUT2D eigenvalue weighted by Crippen LogP contribution is 2.17. The number of nitrogens with one attached hydrogen (secondary N) is 2. The number of rotatable bonds is 7. The minimum Gasteiger partial charge on any atom is -0.468 e. The Kier molecular flexibility index (Phi) is 6.08. The van der Waals surface area contributed by atoms with E-state index in [1.807, 2.05) is 25.1 Å². The molecule has 24 heavy (non-hydrogen) atoms. The van der Waals surface area contributed by atoms with Gasteiger partial charge in [0.15, 0.2) is 0 Å². The molecule has 0 bridgehead atoms. The van der Waals surface area contributed by atoms with Gasteiger partial charge in [0, 0.05) is 6.54 Å². The molecule has 1 atom stereocenters. The van der Waals surface area contributed by atoms with E-state index in [0.29, 0.717) is 6.54 Å². The molecule has 0 spiro atoms. The van der Waals surface area contributed by atoms with Crippen LogP contribution in [0.2, 0.25) is 0 Å². The van der Waals surface area contributed by atoms with E-state index in [2.05, 4.69) is 10.6 Å². The minimum absolute atomic E-state index is 0.0907. The van der Waals surface area contributed by atoms with E-state index < -0.39 is 11.7 Å². The highest BCUT2D eigenvalue weighted by molar-refractivity contribution is 5.96. The van der Waals surface area contributed by atoms with Crippen LogP contribution < -0.4 is 10.6 Å². The Morgan fingerprint density at radius 2 is 1.92 bits per heavy atom. The summed E-state index contributed by atoms with van der Waals surface area (Å²) in [5.41, 5.74) is -0.0907. The standard InChI is InChI=1S/C17H20FN3O3/c1-21(2)14(15-8-5-9-24-15)10-19-16(22)11-20-17(23)12-6-3-4-7-13(12)18/h3-9,14H,10-11H2,1-2H3,(H,19,22)(H,20,23). The Labute approximate surface area is 139 Å². The lowest BCUT2D eigenvalue weighted by Gasteiger charge is -2.22. The van der Waals surface area contributed by atoms with Crippen LogP contribution >= 0.6 is 0 Å². The number of halogens is 1. The van der Waals surface area contributed by atoms with Crippen LogP contribution in [0.5, 0.6) is 0 Å². The lowest BCUT2D eigenvalue weighted by molar-refractivity contribution is -0.120. The summed E-state index contributed by atoms with van der Waals surface area (Å²) in [6, 6.07) is 9.10. The molecule has 2 aromatic rings. The number of amides is 2. The summed E-state index contributed by atoms with van der Waals surface area (Å²) in [4.78, 5) is 25.7. The van der Waals surface area contributed by atoms with Gasteiger partial charge in [-0.25, -0.2) is 4.39 Å². The van der Waals surface area contributed by atoms with Gasteiger partial charge in [-0.2, -0.15) is 0 Å². The third-order valence-corrected chi connectivity index (χ3v) is 3.52. The van der Waals surface area contributed by atoms with E-state index in [1.54, 1.807) is 18.4 Å². The van der Waals surface area contributed by atoms with Crippen molar-refractivity contribution in [3.8, 4) is 0 Å². The van der Waals surface area contributed by atoms with E-state index in [0.717, 1.165) is 5.76 Å². The second kappa shape index (κ2) is 8.26. The summed E-state index contributed by atoms with van der Waals surface area (Å²) in [6.07, 6.45) is 1.57. The first kappa shape index (κ1) is 17.7. The predicted molar refractivity (Wildman–Crippen MR) is 86.9 cm³/mol. The third-order valence-electron chi connectivity index (χ3n) is 3.52. The fraction of sp³-hybridized carbons (Fsp3) is 0.294. The number of hydrogen-bond acceptors (Lipinski definition) is 4. The van der Waals surface area contributed by atoms with Crippen LogP contribution in [-0.4, -0.2) is 43.9 Å². The molecule has 0 radical (unpaired) electrons. The molecule has 2 N–H and O–H groups in total. The monoisotopic (exact) mass is 333 g/mol. The number of hydrogen-bond donors (Lipinski definition) is 2. The van der Waals surface area contributed by atoms with Crippen molar-refractivity contribution in [3.05, 3.63) is 59.8 Å². The largest absolute Gasteiger partial charge is 0.468 e. The van der Waals surface area contributed by atoms with Crippen molar-refractivity contribution in [2.75, 3.05) is 27.2 Å². The van der Waals surface area contributed by atoms with E-state index in [-0.39, 0.29) is 24.1 Å². The number of likely N-dealkylation sites (N-methyl/N-ethyl adjacent to an activating group) is 1. The van der Waals surface area contributed by atoms with Crippen molar-refractivity contribution in [3.63, 3.8) is 0 Å². The molecule has 1 unspecified atom stereocenters. The lowest BCUT2D eigenvalue weighted by atomic mass is 10.2. The first-order valence-corrected chi connectivity index (χ1v) is 7.48. The highest BCUT2D eigenvalue weighted by Gasteiger charge is 2.18. The van der Waals surface area contributed by atoms with Gasteiger partial charge in [0.25, 0.3) is 5.91 Å². The average molecular weight is 333 g/mol. The second-order valence-corrected chi connectivity index (χ2v) is 5.46. The van der Waals surface area contributed by atoms with Gasteiger partial charge in [-0.3, -0.25) is 14.5 Å². The van der Waals surface area contributed by atoms with Gasteiger partial charge in [0.05, 0.1) is 24.4 Å². The molecule has 128 valence electrons. The Bertz CT molecular complexity index is 686. The summed E-state index contributed by atoms with van der Waals surface area (Å²) in [5.74, 6) is -0.881. The van der Waals surface area contributed by atoms with Crippen LogP contribution in [0.1, 0.15) is 22.2 Å². The zero-order valence-electron chi connectivity index (χ0n) is 13.6. The maximum atomic E-state index is 13.5. The normalized spacial score (nSPS) is 12.0. The minimum atomic E-state index is -0.626. The fourth-order valence-electron chi connectivity index (χ4n) is 2.19. The molecule has 1 aromatic carbocycles. The number of nitrogens with zero attached hydrogens (tertiary/aromatic N) is 1. The zero-order valence-corrected chi connectivity index (χ0v) is 13.6. The summed E-state index contributed by atoms with van der Waals surface area (Å²) in [7, 11) is 3.75. The first-order chi connectivity index (χ1) is 11.5. The maximum absolute atomic E-state index is 13.5. The molecule has 2 rings (SSSR count). The molecule has 6 nitrogen and oxygen atoms in total. The Morgan fingerprint density at radius 1 is 1.17 bits per heavy atom. The van der Waals surface area contributed by atoms with Gasteiger partial charge < -0.3 is 15.1 Å². The van der Waals surface area contributed by atoms with Crippen LogP contribution in [0.4, 0.5) is 4.39 Å². The van der Waals surface area contributed by atoms with Crippen molar-refractivity contribution < 1.29 is 18.4 Å². The molecule has 2 amide bonds. The van der Waals surface area contributed by atoms with Crippen molar-refractivity contribution >= 4 is 11.8 Å². The zero-order chi connectivity index (χ0) is 17.5. The molecule has 1 aromatic heterocycles. The molecular formula is C17H20FN3O3. The van der Waals surface area contributed by atoms with Crippen LogP contribution in [-0.2, 0) is 4.79 Å². The molecule has 0 aliphatic carbocycles. The number of benzene rings is 1. The van der Waals surface area contributed by atoms with Crippen LogP contribution in [0, 0.1) is 5.82 Å². The van der Waals surface area contributed by atoms with Gasteiger partial charge in [-0.1, -0.05) is 12.1 Å². The number of carbonyl (C=O) groups excluding carboxylic acids is 2. The van der Waals surface area contributed by atoms with Crippen LogP contribution in [0.3, 0.4) is 0 Å². The second-order valence-electron chi connectivity index (χ2n) is 5.46. The van der Waals surface area contributed by atoms with E-state index in [9.17, 15) is 14.0 Å². The summed E-state index contributed by atoms with van der Waals surface area (Å²) >= 11 is 0. The van der Waals surface area contributed by atoms with Crippen molar-refractivity contribution in [2.24, 2.45) is 0 Å². The van der Waals surface area contributed by atoms with E-state index in [4.69, 9.17) is 4.42 Å². The van der Waals surface area contributed by atoms with Gasteiger partial charge >= 0.3 is 0 Å². The Hall–Kier alpha value is -2.67. The average Bonchev–Trinajstić information content (AvgIpc) is 3.07. The van der Waals surface area contributed by atoms with Crippen LogP contribution in [0.15, 0.2) is 47.1 Å². The Balaban J connectivity index is 1.83. The smallest absolute Gasteiger partial charge is 0.254 e. The fourth-order valence-corrected chi connectivity index (χ4v) is 2.19. The molecule has 7 heteroatoms.